The molecule has 2 fully saturated rings. The molecule has 1 unspecified atom stereocenters. The van der Waals surface area contributed by atoms with E-state index in [2.05, 4.69) is 46.4 Å². The number of hydrogen-bond acceptors (Lipinski definition) is 4. The van der Waals surface area contributed by atoms with Crippen molar-refractivity contribution >= 4 is 23.1 Å². The second-order valence-corrected chi connectivity index (χ2v) is 8.15. The van der Waals surface area contributed by atoms with Crippen molar-refractivity contribution in [3.8, 4) is 0 Å². The zero-order chi connectivity index (χ0) is 19.3. The second-order valence-electron chi connectivity index (χ2n) is 8.15. The second kappa shape index (κ2) is 8.63. The van der Waals surface area contributed by atoms with Gasteiger partial charge in [0.2, 0.25) is 0 Å². The van der Waals surface area contributed by atoms with E-state index in [0.717, 1.165) is 44.1 Å². The lowest BCUT2D eigenvalue weighted by atomic mass is 10.00. The number of piperidine rings is 2. The maximum Gasteiger partial charge on any atom is 0.255 e. The third-order valence-electron chi connectivity index (χ3n) is 5.82. The van der Waals surface area contributed by atoms with Gasteiger partial charge in [-0.2, -0.15) is 0 Å². The van der Waals surface area contributed by atoms with Crippen LogP contribution in [0.4, 0.5) is 17.2 Å². The molecular formula is C23H30N4O. The third-order valence-corrected chi connectivity index (χ3v) is 5.82. The summed E-state index contributed by atoms with van der Waals surface area (Å²) < 4.78 is 0. The van der Waals surface area contributed by atoms with Crippen LogP contribution in [0.15, 0.2) is 42.6 Å². The number of hydrogen-bond donors (Lipinski definition) is 1. The van der Waals surface area contributed by atoms with E-state index in [0.29, 0.717) is 11.5 Å². The molecule has 0 bridgehead atoms. The third kappa shape index (κ3) is 4.46. The fraction of sp³-hybridized carbons (Fsp3) is 0.478. The maximum absolute atomic E-state index is 12.7. The summed E-state index contributed by atoms with van der Waals surface area (Å²) >= 11 is 0. The number of likely N-dealkylation sites (tertiary alicyclic amines) is 1. The summed E-state index contributed by atoms with van der Waals surface area (Å²) in [4.78, 5) is 21.5. The summed E-state index contributed by atoms with van der Waals surface area (Å²) in [6.07, 6.45) is 7.90. The number of anilines is 3. The number of benzene rings is 1. The number of rotatable bonds is 4. The van der Waals surface area contributed by atoms with Crippen LogP contribution in [0.1, 0.15) is 49.4 Å². The van der Waals surface area contributed by atoms with Crippen LogP contribution in [0.3, 0.4) is 0 Å². The van der Waals surface area contributed by atoms with Crippen molar-refractivity contribution in [2.24, 2.45) is 5.92 Å². The number of amides is 1. The quantitative estimate of drug-likeness (QED) is 0.839. The maximum atomic E-state index is 12.7. The minimum absolute atomic E-state index is 0.0940. The first-order chi connectivity index (χ1) is 13.7. The SMILES string of the molecule is CC1CCCN(C(=O)c2ccc(Nc3ccc(N4CCCCC4)cc3)nc2)C1. The monoisotopic (exact) mass is 378 g/mol. The Hall–Kier alpha value is -2.56. The van der Waals surface area contributed by atoms with Crippen molar-refractivity contribution < 1.29 is 4.79 Å². The number of carbonyl (C=O) groups is 1. The van der Waals surface area contributed by atoms with Gasteiger partial charge in [0.1, 0.15) is 5.82 Å². The zero-order valence-electron chi connectivity index (χ0n) is 16.7. The number of pyridine rings is 1. The van der Waals surface area contributed by atoms with Crippen LogP contribution in [-0.2, 0) is 0 Å². The molecule has 2 aliphatic rings. The van der Waals surface area contributed by atoms with E-state index in [1.165, 1.54) is 31.4 Å². The summed E-state index contributed by atoms with van der Waals surface area (Å²) in [5.74, 6) is 1.44. The van der Waals surface area contributed by atoms with Gasteiger partial charge in [0.05, 0.1) is 5.56 Å². The van der Waals surface area contributed by atoms with E-state index < -0.39 is 0 Å². The fourth-order valence-corrected chi connectivity index (χ4v) is 4.21. The van der Waals surface area contributed by atoms with Crippen LogP contribution in [0, 0.1) is 5.92 Å². The van der Waals surface area contributed by atoms with Crippen LogP contribution in [-0.4, -0.2) is 42.0 Å². The molecule has 5 nitrogen and oxygen atoms in total. The Bertz CT molecular complexity index is 781. The largest absolute Gasteiger partial charge is 0.372 e. The van der Waals surface area contributed by atoms with Gasteiger partial charge in [-0.05, 0) is 74.4 Å². The van der Waals surface area contributed by atoms with Gasteiger partial charge in [-0.25, -0.2) is 4.98 Å². The number of carbonyl (C=O) groups excluding carboxylic acids is 1. The van der Waals surface area contributed by atoms with E-state index in [1.54, 1.807) is 6.20 Å². The smallest absolute Gasteiger partial charge is 0.255 e. The van der Waals surface area contributed by atoms with Gasteiger partial charge in [0.15, 0.2) is 0 Å². The molecule has 4 rings (SSSR count). The predicted octanol–water partition coefficient (Wildman–Crippen LogP) is 4.69. The first kappa shape index (κ1) is 18.8. The van der Waals surface area contributed by atoms with E-state index in [-0.39, 0.29) is 5.91 Å². The first-order valence-corrected chi connectivity index (χ1v) is 10.6. The Labute approximate surface area is 167 Å². The molecule has 0 saturated carbocycles. The molecule has 2 aromatic rings. The van der Waals surface area contributed by atoms with Crippen LogP contribution >= 0.6 is 0 Å². The van der Waals surface area contributed by atoms with Crippen molar-refractivity contribution in [2.75, 3.05) is 36.4 Å². The van der Waals surface area contributed by atoms with Crippen LogP contribution < -0.4 is 10.2 Å². The Kier molecular flexibility index (Phi) is 5.79. The lowest BCUT2D eigenvalue weighted by molar-refractivity contribution is 0.0682. The van der Waals surface area contributed by atoms with Gasteiger partial charge in [-0.3, -0.25) is 4.79 Å². The van der Waals surface area contributed by atoms with Crippen molar-refractivity contribution in [2.45, 2.75) is 39.0 Å². The van der Waals surface area contributed by atoms with E-state index in [1.807, 2.05) is 17.0 Å². The van der Waals surface area contributed by atoms with Crippen LogP contribution in [0.25, 0.3) is 0 Å². The average Bonchev–Trinajstić information content (AvgIpc) is 2.75. The number of nitrogens with one attached hydrogen (secondary N) is 1. The van der Waals surface area contributed by atoms with Gasteiger partial charge in [-0.1, -0.05) is 6.92 Å². The minimum Gasteiger partial charge on any atom is -0.372 e. The molecule has 28 heavy (non-hydrogen) atoms. The van der Waals surface area contributed by atoms with Crippen molar-refractivity contribution in [1.82, 2.24) is 9.88 Å². The topological polar surface area (TPSA) is 48.5 Å². The standard InChI is InChI=1S/C23H30N4O/c1-18-6-5-15-27(17-18)23(28)19-7-12-22(24-16-19)25-20-8-10-21(11-9-20)26-13-3-2-4-14-26/h7-12,16,18H,2-6,13-15,17H2,1H3,(H,24,25). The fourth-order valence-electron chi connectivity index (χ4n) is 4.21. The summed E-state index contributed by atoms with van der Waals surface area (Å²) in [6.45, 7) is 6.22. The van der Waals surface area contributed by atoms with E-state index in [4.69, 9.17) is 0 Å². The van der Waals surface area contributed by atoms with E-state index in [9.17, 15) is 4.79 Å². The summed E-state index contributed by atoms with van der Waals surface area (Å²) in [5.41, 5.74) is 2.97. The molecular weight excluding hydrogens is 348 g/mol. The molecule has 1 aromatic heterocycles. The number of nitrogens with zero attached hydrogens (tertiary/aromatic N) is 3. The normalized spacial score (nSPS) is 20.1. The van der Waals surface area contributed by atoms with Crippen molar-refractivity contribution in [3.05, 3.63) is 48.2 Å². The molecule has 2 saturated heterocycles. The molecule has 5 heteroatoms. The molecule has 1 amide bonds. The highest BCUT2D eigenvalue weighted by Gasteiger charge is 2.22. The van der Waals surface area contributed by atoms with Gasteiger partial charge in [-0.15, -0.1) is 0 Å². The highest BCUT2D eigenvalue weighted by molar-refractivity contribution is 5.94. The van der Waals surface area contributed by atoms with Gasteiger partial charge in [0, 0.05) is 43.8 Å². The first-order valence-electron chi connectivity index (χ1n) is 10.6. The lowest BCUT2D eigenvalue weighted by Crippen LogP contribution is -2.39. The molecule has 0 radical (unpaired) electrons. The molecule has 3 heterocycles. The lowest BCUT2D eigenvalue weighted by Gasteiger charge is -2.30. The molecule has 148 valence electrons. The highest BCUT2D eigenvalue weighted by atomic mass is 16.2. The van der Waals surface area contributed by atoms with E-state index >= 15 is 0 Å². The molecule has 0 spiro atoms. The molecule has 1 atom stereocenters. The van der Waals surface area contributed by atoms with Crippen molar-refractivity contribution in [1.29, 1.82) is 0 Å². The van der Waals surface area contributed by atoms with Gasteiger partial charge < -0.3 is 15.1 Å². The Morgan fingerprint density at radius 1 is 1.00 bits per heavy atom. The Morgan fingerprint density at radius 3 is 2.46 bits per heavy atom. The number of aromatic nitrogens is 1. The Morgan fingerprint density at radius 2 is 1.79 bits per heavy atom. The van der Waals surface area contributed by atoms with Crippen molar-refractivity contribution in [3.63, 3.8) is 0 Å². The summed E-state index contributed by atoms with van der Waals surface area (Å²) in [5, 5.41) is 3.33. The van der Waals surface area contributed by atoms with Crippen LogP contribution in [0.2, 0.25) is 0 Å². The summed E-state index contributed by atoms with van der Waals surface area (Å²) in [6, 6.07) is 12.3. The highest BCUT2D eigenvalue weighted by Crippen LogP contribution is 2.23. The van der Waals surface area contributed by atoms with Gasteiger partial charge >= 0.3 is 0 Å². The molecule has 1 N–H and O–H groups in total. The predicted molar refractivity (Wildman–Crippen MR) is 114 cm³/mol. The zero-order valence-corrected chi connectivity index (χ0v) is 16.7. The molecule has 0 aliphatic carbocycles. The Balaban J connectivity index is 1.37. The minimum atomic E-state index is 0.0940. The molecule has 2 aliphatic heterocycles. The van der Waals surface area contributed by atoms with Crippen LogP contribution in [0.5, 0.6) is 0 Å². The average molecular weight is 379 g/mol. The van der Waals surface area contributed by atoms with Gasteiger partial charge in [0.25, 0.3) is 5.91 Å². The molecule has 1 aromatic carbocycles. The summed E-state index contributed by atoms with van der Waals surface area (Å²) in [7, 11) is 0.